The van der Waals surface area contributed by atoms with Crippen LogP contribution in [0.15, 0.2) is 0 Å². The van der Waals surface area contributed by atoms with Gasteiger partial charge in [0.2, 0.25) is 0 Å². The average molecular weight is 190 g/mol. The molecule has 0 spiro atoms. The third kappa shape index (κ3) is 0.955. The summed E-state index contributed by atoms with van der Waals surface area (Å²) in [5.41, 5.74) is 0. The van der Waals surface area contributed by atoms with Crippen molar-refractivity contribution in [3.8, 4) is 0 Å². The highest BCUT2D eigenvalue weighted by Gasteiger charge is 2.52. The Morgan fingerprint density at radius 3 is 1.64 bits per heavy atom. The van der Waals surface area contributed by atoms with Gasteiger partial charge in [-0.05, 0) is 67.6 Å². The van der Waals surface area contributed by atoms with Gasteiger partial charge < -0.3 is 0 Å². The van der Waals surface area contributed by atoms with Crippen molar-refractivity contribution < 1.29 is 0 Å². The zero-order valence-corrected chi connectivity index (χ0v) is 9.12. The monoisotopic (exact) mass is 190 g/mol. The van der Waals surface area contributed by atoms with Gasteiger partial charge in [0.1, 0.15) is 0 Å². The van der Waals surface area contributed by atoms with E-state index in [1.54, 1.807) is 51.4 Å². The van der Waals surface area contributed by atoms with E-state index >= 15 is 0 Å². The highest BCUT2D eigenvalue weighted by atomic mass is 14.6. The minimum absolute atomic E-state index is 1.18. The molecule has 6 atom stereocenters. The van der Waals surface area contributed by atoms with Gasteiger partial charge >= 0.3 is 0 Å². The van der Waals surface area contributed by atoms with Crippen LogP contribution >= 0.6 is 0 Å². The Morgan fingerprint density at radius 1 is 0.500 bits per heavy atom. The Balaban J connectivity index is 1.61. The lowest BCUT2D eigenvalue weighted by Gasteiger charge is -2.41. The molecule has 0 aliphatic heterocycles. The van der Waals surface area contributed by atoms with E-state index in [2.05, 4.69) is 0 Å². The molecule has 78 valence electrons. The van der Waals surface area contributed by atoms with E-state index in [0.717, 1.165) is 0 Å². The van der Waals surface area contributed by atoms with Crippen LogP contribution in [-0.4, -0.2) is 0 Å². The molecule has 0 heteroatoms. The van der Waals surface area contributed by atoms with E-state index in [4.69, 9.17) is 0 Å². The van der Waals surface area contributed by atoms with Crippen LogP contribution in [0.1, 0.15) is 51.4 Å². The minimum Gasteiger partial charge on any atom is -0.0528 e. The SMILES string of the molecule is C1CC2CC3C4CCC(C4)C3CC2C1. The van der Waals surface area contributed by atoms with Crippen LogP contribution in [0.25, 0.3) is 0 Å². The van der Waals surface area contributed by atoms with Crippen molar-refractivity contribution in [3.05, 3.63) is 0 Å². The van der Waals surface area contributed by atoms with Crippen molar-refractivity contribution >= 4 is 0 Å². The van der Waals surface area contributed by atoms with Crippen LogP contribution in [-0.2, 0) is 0 Å². The normalized spacial score (nSPS) is 60.0. The second kappa shape index (κ2) is 2.77. The highest BCUT2D eigenvalue weighted by molar-refractivity contribution is 5.02. The van der Waals surface area contributed by atoms with E-state index < -0.39 is 0 Å². The largest absolute Gasteiger partial charge is 0.0528 e. The predicted octanol–water partition coefficient (Wildman–Crippen LogP) is 3.86. The maximum absolute atomic E-state index is 1.65. The Morgan fingerprint density at radius 2 is 1.07 bits per heavy atom. The summed E-state index contributed by atoms with van der Waals surface area (Å²) in [6.45, 7) is 0. The number of hydrogen-bond donors (Lipinski definition) is 0. The van der Waals surface area contributed by atoms with Crippen LogP contribution in [0.2, 0.25) is 0 Å². The lowest BCUT2D eigenvalue weighted by molar-refractivity contribution is 0.0854. The van der Waals surface area contributed by atoms with Crippen molar-refractivity contribution in [2.24, 2.45) is 35.5 Å². The summed E-state index contributed by atoms with van der Waals surface area (Å²) in [6, 6.07) is 0. The minimum atomic E-state index is 1.18. The van der Waals surface area contributed by atoms with Gasteiger partial charge in [-0.1, -0.05) is 19.3 Å². The van der Waals surface area contributed by atoms with Crippen molar-refractivity contribution in [1.82, 2.24) is 0 Å². The molecule has 0 radical (unpaired) electrons. The third-order valence-electron chi connectivity index (χ3n) is 6.24. The number of rotatable bonds is 0. The molecule has 6 unspecified atom stereocenters. The first-order valence-electron chi connectivity index (χ1n) is 6.92. The highest BCUT2D eigenvalue weighted by Crippen LogP contribution is 2.61. The zero-order chi connectivity index (χ0) is 9.12. The molecule has 0 aromatic heterocycles. The molecule has 0 aromatic carbocycles. The third-order valence-corrected chi connectivity index (χ3v) is 6.24. The van der Waals surface area contributed by atoms with Crippen molar-refractivity contribution in [2.75, 3.05) is 0 Å². The molecular formula is C14H22. The topological polar surface area (TPSA) is 0 Å². The second-order valence-electron chi connectivity index (χ2n) is 6.58. The molecule has 4 rings (SSSR count). The molecule has 4 aliphatic rings. The standard InChI is InChI=1S/C14H22/c1-2-9-7-13-11-4-5-12(6-11)14(13)8-10(9)3-1/h9-14H,1-8H2. The van der Waals surface area contributed by atoms with Gasteiger partial charge in [-0.2, -0.15) is 0 Å². The van der Waals surface area contributed by atoms with Gasteiger partial charge in [0.05, 0.1) is 0 Å². The van der Waals surface area contributed by atoms with Crippen LogP contribution in [0.3, 0.4) is 0 Å². The van der Waals surface area contributed by atoms with Crippen LogP contribution in [0, 0.1) is 35.5 Å². The summed E-state index contributed by atoms with van der Waals surface area (Å²) in [5.74, 6) is 7.13. The molecule has 14 heavy (non-hydrogen) atoms. The molecule has 0 nitrogen and oxygen atoms in total. The van der Waals surface area contributed by atoms with Crippen LogP contribution < -0.4 is 0 Å². The zero-order valence-electron chi connectivity index (χ0n) is 9.12. The van der Waals surface area contributed by atoms with E-state index in [1.165, 1.54) is 35.5 Å². The molecule has 4 fully saturated rings. The lowest BCUT2D eigenvalue weighted by Crippen LogP contribution is -2.33. The number of fused-ring (bicyclic) bond motifs is 6. The fraction of sp³-hybridized carbons (Fsp3) is 1.00. The maximum Gasteiger partial charge on any atom is -0.0352 e. The van der Waals surface area contributed by atoms with Crippen molar-refractivity contribution in [3.63, 3.8) is 0 Å². The molecule has 0 amide bonds. The Bertz CT molecular complexity index is 220. The van der Waals surface area contributed by atoms with E-state index in [9.17, 15) is 0 Å². The first kappa shape index (κ1) is 8.19. The molecule has 4 saturated carbocycles. The predicted molar refractivity (Wildman–Crippen MR) is 57.9 cm³/mol. The first-order chi connectivity index (χ1) is 6.92. The smallest absolute Gasteiger partial charge is 0.0352 e. The van der Waals surface area contributed by atoms with E-state index in [1.807, 2.05) is 0 Å². The Labute approximate surface area is 87.5 Å². The van der Waals surface area contributed by atoms with Crippen molar-refractivity contribution in [1.29, 1.82) is 0 Å². The average Bonchev–Trinajstić information content (AvgIpc) is 2.90. The van der Waals surface area contributed by atoms with Crippen molar-refractivity contribution in [2.45, 2.75) is 51.4 Å². The Kier molecular flexibility index (Phi) is 1.62. The molecule has 0 saturated heterocycles. The summed E-state index contributed by atoms with van der Waals surface area (Å²) in [4.78, 5) is 0. The Hall–Kier alpha value is 0. The molecule has 0 heterocycles. The van der Waals surface area contributed by atoms with E-state index in [-0.39, 0.29) is 0 Å². The van der Waals surface area contributed by atoms with E-state index in [0.29, 0.717) is 0 Å². The molecule has 2 bridgehead atoms. The molecule has 0 aromatic rings. The summed E-state index contributed by atoms with van der Waals surface area (Å²) in [5, 5.41) is 0. The van der Waals surface area contributed by atoms with Gasteiger partial charge in [-0.25, -0.2) is 0 Å². The van der Waals surface area contributed by atoms with Gasteiger partial charge in [-0.3, -0.25) is 0 Å². The second-order valence-corrected chi connectivity index (χ2v) is 6.58. The van der Waals surface area contributed by atoms with Crippen LogP contribution in [0.4, 0.5) is 0 Å². The molecule has 4 aliphatic carbocycles. The summed E-state index contributed by atoms with van der Waals surface area (Å²) < 4.78 is 0. The summed E-state index contributed by atoms with van der Waals surface area (Å²) >= 11 is 0. The molecular weight excluding hydrogens is 168 g/mol. The maximum atomic E-state index is 1.65. The van der Waals surface area contributed by atoms with Gasteiger partial charge in [-0.15, -0.1) is 0 Å². The van der Waals surface area contributed by atoms with Gasteiger partial charge in [0, 0.05) is 0 Å². The summed E-state index contributed by atoms with van der Waals surface area (Å²) in [6.07, 6.45) is 12.9. The fourth-order valence-corrected chi connectivity index (χ4v) is 5.70. The first-order valence-corrected chi connectivity index (χ1v) is 6.92. The van der Waals surface area contributed by atoms with Crippen LogP contribution in [0.5, 0.6) is 0 Å². The fourth-order valence-electron chi connectivity index (χ4n) is 5.70. The number of hydrogen-bond acceptors (Lipinski definition) is 0. The molecule has 0 N–H and O–H groups in total. The van der Waals surface area contributed by atoms with Gasteiger partial charge in [0.15, 0.2) is 0 Å². The lowest BCUT2D eigenvalue weighted by atomic mass is 9.64. The summed E-state index contributed by atoms with van der Waals surface area (Å²) in [7, 11) is 0. The quantitative estimate of drug-likeness (QED) is 0.544. The van der Waals surface area contributed by atoms with Gasteiger partial charge in [0.25, 0.3) is 0 Å².